The molecule has 0 radical (unpaired) electrons. The summed E-state index contributed by atoms with van der Waals surface area (Å²) in [6, 6.07) is 6.52. The fourth-order valence-electron chi connectivity index (χ4n) is 9.33. The molecule has 2 aliphatic heterocycles. The molecule has 356 valence electrons. The van der Waals surface area contributed by atoms with Crippen LogP contribution in [0.5, 0.6) is 0 Å². The van der Waals surface area contributed by atoms with Crippen molar-refractivity contribution in [1.29, 1.82) is 0 Å². The first kappa shape index (κ1) is 48.9. The van der Waals surface area contributed by atoms with Gasteiger partial charge >= 0.3 is 0 Å². The fraction of sp³-hybridized carbons (Fsp3) is 0.532. The first-order chi connectivity index (χ1) is 31.7. The molecule has 6 rings (SSSR count). The molecule has 3 heterocycles. The van der Waals surface area contributed by atoms with Gasteiger partial charge in [-0.15, -0.1) is 0 Å². The molecular weight excluding hydrogens is 850 g/mol. The number of hydrogen-bond donors (Lipinski definition) is 9. The number of benzene rings is 2. The largest absolute Gasteiger partial charge is 0.370 e. The van der Waals surface area contributed by atoms with Crippen LogP contribution in [0, 0.1) is 11.7 Å². The van der Waals surface area contributed by atoms with E-state index in [1.807, 2.05) is 24.3 Å². The molecule has 2 aromatic carbocycles. The topological polar surface area (TPSA) is 275 Å². The Labute approximate surface area is 383 Å². The third kappa shape index (κ3) is 13.7. The maximum absolute atomic E-state index is 14.6. The number of aromatic nitrogens is 1. The summed E-state index contributed by atoms with van der Waals surface area (Å²) in [6.45, 7) is 1.65. The third-order valence-corrected chi connectivity index (χ3v) is 12.7. The third-order valence-electron chi connectivity index (χ3n) is 12.7. The van der Waals surface area contributed by atoms with Crippen LogP contribution in [-0.4, -0.2) is 113 Å². The van der Waals surface area contributed by atoms with Crippen molar-refractivity contribution < 1.29 is 38.0 Å². The molecule has 3 fully saturated rings. The Kier molecular flexibility index (Phi) is 17.5. The molecule has 11 N–H and O–H groups in total. The highest BCUT2D eigenvalue weighted by molar-refractivity contribution is 5.98. The molecule has 1 aliphatic carbocycles. The van der Waals surface area contributed by atoms with E-state index in [1.54, 1.807) is 12.3 Å². The summed E-state index contributed by atoms with van der Waals surface area (Å²) in [4.78, 5) is 107. The van der Waals surface area contributed by atoms with E-state index < -0.39 is 83.4 Å². The number of aliphatic imine (C=N–C) groups is 1. The van der Waals surface area contributed by atoms with Crippen LogP contribution >= 0.6 is 0 Å². The maximum atomic E-state index is 14.6. The second-order valence-electron chi connectivity index (χ2n) is 17.7. The molecule has 1 saturated carbocycles. The van der Waals surface area contributed by atoms with Crippen molar-refractivity contribution in [2.24, 2.45) is 22.4 Å². The molecule has 3 aromatic rings. The minimum atomic E-state index is -1.20. The van der Waals surface area contributed by atoms with E-state index in [4.69, 9.17) is 11.5 Å². The first-order valence-electron chi connectivity index (χ1n) is 23.2. The minimum Gasteiger partial charge on any atom is -0.370 e. The van der Waals surface area contributed by atoms with Gasteiger partial charge in [-0.25, -0.2) is 4.39 Å². The molecule has 2 saturated heterocycles. The van der Waals surface area contributed by atoms with Crippen LogP contribution in [0.1, 0.15) is 95.1 Å². The monoisotopic (exact) mass is 913 g/mol. The van der Waals surface area contributed by atoms with Crippen LogP contribution in [0.2, 0.25) is 0 Å². The lowest BCUT2D eigenvalue weighted by atomic mass is 9.84. The smallest absolute Gasteiger partial charge is 0.245 e. The van der Waals surface area contributed by atoms with Gasteiger partial charge in [0.15, 0.2) is 5.96 Å². The van der Waals surface area contributed by atoms with Crippen LogP contribution < -0.4 is 43.4 Å². The van der Waals surface area contributed by atoms with Gasteiger partial charge in [0.2, 0.25) is 41.4 Å². The van der Waals surface area contributed by atoms with Crippen molar-refractivity contribution in [1.82, 2.24) is 41.8 Å². The predicted octanol–water partition coefficient (Wildman–Crippen LogP) is 1.46. The highest BCUT2D eigenvalue weighted by Crippen LogP contribution is 2.28. The molecule has 0 bridgehead atoms. The number of carbonyl (C=O) groups is 7. The number of nitrogens with two attached hydrogens (primary N) is 2. The second kappa shape index (κ2) is 23.6. The number of rotatable bonds is 13. The molecule has 3 aliphatic rings. The number of amides is 7. The molecule has 0 unspecified atom stereocenters. The van der Waals surface area contributed by atoms with E-state index in [-0.39, 0.29) is 63.6 Å². The van der Waals surface area contributed by atoms with Crippen LogP contribution in [-0.2, 0) is 46.4 Å². The second-order valence-corrected chi connectivity index (χ2v) is 17.7. The first-order valence-corrected chi connectivity index (χ1v) is 23.2. The molecule has 1 aromatic heterocycles. The van der Waals surface area contributed by atoms with Gasteiger partial charge in [-0.3, -0.25) is 38.6 Å². The van der Waals surface area contributed by atoms with Gasteiger partial charge in [0, 0.05) is 56.5 Å². The maximum Gasteiger partial charge on any atom is 0.245 e. The lowest BCUT2D eigenvalue weighted by Crippen LogP contribution is -2.60. The number of H-pyrrole nitrogens is 1. The number of carbonyl (C=O) groups excluding carboxylic acids is 7. The van der Waals surface area contributed by atoms with Gasteiger partial charge < -0.3 is 53.3 Å². The molecule has 18 nitrogen and oxygen atoms in total. The average molecular weight is 914 g/mol. The number of guanidine groups is 1. The van der Waals surface area contributed by atoms with Crippen molar-refractivity contribution in [3.05, 3.63) is 71.7 Å². The van der Waals surface area contributed by atoms with Gasteiger partial charge in [-0.1, -0.05) is 62.4 Å². The number of hydrogen-bond acceptors (Lipinski definition) is 8. The van der Waals surface area contributed by atoms with Crippen molar-refractivity contribution in [3.8, 4) is 0 Å². The van der Waals surface area contributed by atoms with Crippen LogP contribution in [0.25, 0.3) is 10.9 Å². The zero-order chi connectivity index (χ0) is 47.2. The van der Waals surface area contributed by atoms with E-state index in [1.165, 1.54) is 30.0 Å². The predicted molar refractivity (Wildman–Crippen MR) is 246 cm³/mol. The normalized spacial score (nSPS) is 23.3. The van der Waals surface area contributed by atoms with Gasteiger partial charge in [-0.2, -0.15) is 0 Å². The number of para-hydroxylation sites is 1. The molecule has 66 heavy (non-hydrogen) atoms. The summed E-state index contributed by atoms with van der Waals surface area (Å²) in [5.74, 6) is -4.53. The molecule has 19 heteroatoms. The Morgan fingerprint density at radius 3 is 2.35 bits per heavy atom. The summed E-state index contributed by atoms with van der Waals surface area (Å²) in [6.07, 6.45) is 8.27. The number of nitrogens with zero attached hydrogens (tertiary/aromatic N) is 2. The van der Waals surface area contributed by atoms with E-state index in [2.05, 4.69) is 41.9 Å². The van der Waals surface area contributed by atoms with E-state index >= 15 is 0 Å². The number of fused-ring (bicyclic) bond motifs is 2. The highest BCUT2D eigenvalue weighted by Gasteiger charge is 2.40. The van der Waals surface area contributed by atoms with Crippen LogP contribution in [0.4, 0.5) is 4.39 Å². The van der Waals surface area contributed by atoms with Crippen LogP contribution in [0.3, 0.4) is 0 Å². The van der Waals surface area contributed by atoms with E-state index in [0.29, 0.717) is 31.2 Å². The van der Waals surface area contributed by atoms with Gasteiger partial charge in [-0.05, 0) is 80.2 Å². The quantitative estimate of drug-likeness (QED) is 0.0682. The summed E-state index contributed by atoms with van der Waals surface area (Å²) in [5, 5.41) is 17.9. The average Bonchev–Trinajstić information content (AvgIpc) is 3.95. The van der Waals surface area contributed by atoms with E-state index in [0.717, 1.165) is 48.6 Å². The zero-order valence-electron chi connectivity index (χ0n) is 37.5. The molecule has 6 atom stereocenters. The van der Waals surface area contributed by atoms with Gasteiger partial charge in [0.25, 0.3) is 0 Å². The van der Waals surface area contributed by atoms with Crippen molar-refractivity contribution in [2.75, 3.05) is 19.6 Å². The highest BCUT2D eigenvalue weighted by atomic mass is 19.1. The number of halogens is 1. The Hall–Kier alpha value is -6.53. The molecular formula is C47H64FN11O7. The summed E-state index contributed by atoms with van der Waals surface area (Å²) in [7, 11) is 0. The SMILES string of the molecule is CC(=O)N[C@@H](Cc1cccc(F)c1)C(=O)N[C@H]1CCCNC(=O)[C@H](CCCN=C(N)N)NC(=O)[C@H](Cc2c[nH]c3ccccc23)NC(=O)[C@@H](CC2CCCCC2)NC(=O)[C@@H]2CCCN2C1=O. The fourth-order valence-corrected chi connectivity index (χ4v) is 9.33. The van der Waals surface area contributed by atoms with Crippen LogP contribution in [0.15, 0.2) is 59.7 Å². The van der Waals surface area contributed by atoms with E-state index in [9.17, 15) is 38.0 Å². The van der Waals surface area contributed by atoms with Crippen molar-refractivity contribution in [3.63, 3.8) is 0 Å². The van der Waals surface area contributed by atoms with Gasteiger partial charge in [0.05, 0.1) is 0 Å². The Morgan fingerprint density at radius 1 is 0.848 bits per heavy atom. The standard InChI is InChI=1S/C47H64FN11O7/c1-28(60)54-37(25-30-13-7-14-32(48)23-30)42(62)56-36-18-9-20-51-41(61)35(17-8-21-52-47(49)50)55-44(64)39(26-31-27-53-34-16-6-5-15-33(31)34)57-43(63)38(24-29-11-3-2-4-12-29)58-45(65)40-19-10-22-59(40)46(36)66/h5-7,13-16,23,27,29,35-40,53H,2-4,8-12,17-22,24-26H2,1H3,(H,51,61)(H,54,60)(H,55,64)(H,56,62)(H,57,63)(H,58,65)(H4,49,50,52)/t35-,36-,37-,38+,39-,40-/m0/s1. The Bertz CT molecular complexity index is 2240. The molecule has 0 spiro atoms. The Morgan fingerprint density at radius 2 is 1.59 bits per heavy atom. The molecule has 7 amide bonds. The van der Waals surface area contributed by atoms with Crippen molar-refractivity contribution in [2.45, 2.75) is 133 Å². The summed E-state index contributed by atoms with van der Waals surface area (Å²) >= 11 is 0. The number of nitrogens with one attached hydrogen (secondary N) is 7. The summed E-state index contributed by atoms with van der Waals surface area (Å²) in [5.41, 5.74) is 13.1. The zero-order valence-corrected chi connectivity index (χ0v) is 37.5. The minimum absolute atomic E-state index is 0.0172. The lowest BCUT2D eigenvalue weighted by Gasteiger charge is -2.32. The number of aromatic amines is 1. The Balaban J connectivity index is 1.31. The lowest BCUT2D eigenvalue weighted by molar-refractivity contribution is -0.142. The summed E-state index contributed by atoms with van der Waals surface area (Å²) < 4.78 is 14.1. The van der Waals surface area contributed by atoms with Gasteiger partial charge in [0.1, 0.15) is 42.1 Å². The van der Waals surface area contributed by atoms with Crippen molar-refractivity contribution >= 4 is 58.2 Å².